The molecular weight excluding hydrogens is 550 g/mol. The monoisotopic (exact) mass is 586 g/mol. The second-order valence-electron chi connectivity index (χ2n) is 12.9. The molecule has 1 aliphatic carbocycles. The van der Waals surface area contributed by atoms with Crippen LogP contribution < -0.4 is 9.64 Å². The molecule has 3 aromatic rings. The number of pyridine rings is 1. The minimum absolute atomic E-state index is 0.0149. The van der Waals surface area contributed by atoms with Crippen molar-refractivity contribution in [3.8, 4) is 17.3 Å². The van der Waals surface area contributed by atoms with Crippen molar-refractivity contribution in [2.45, 2.75) is 75.2 Å². The molecule has 224 valence electrons. The number of alkyl halides is 1. The molecule has 10 heteroatoms. The predicted molar refractivity (Wildman–Crippen MR) is 159 cm³/mol. The van der Waals surface area contributed by atoms with E-state index in [0.29, 0.717) is 50.5 Å². The first-order valence-corrected chi connectivity index (χ1v) is 15.6. The molecular formula is C33H36F2N6O2. The van der Waals surface area contributed by atoms with E-state index in [1.54, 1.807) is 4.90 Å². The Morgan fingerprint density at radius 2 is 1.93 bits per heavy atom. The van der Waals surface area contributed by atoms with Crippen LogP contribution in [0.1, 0.15) is 49.7 Å². The fraction of sp³-hybridized carbons (Fsp3) is 0.515. The number of amides is 1. The molecule has 4 fully saturated rings. The van der Waals surface area contributed by atoms with Crippen LogP contribution in [0, 0.1) is 0 Å². The summed E-state index contributed by atoms with van der Waals surface area (Å²) in [6.45, 7) is 5.89. The van der Waals surface area contributed by atoms with Crippen molar-refractivity contribution in [3.63, 3.8) is 0 Å². The molecule has 0 bridgehead atoms. The Balaban J connectivity index is 1.16. The average Bonchev–Trinajstić information content (AvgIpc) is 3.64. The zero-order chi connectivity index (χ0) is 29.3. The summed E-state index contributed by atoms with van der Waals surface area (Å²) >= 11 is 0. The van der Waals surface area contributed by atoms with E-state index >= 15 is 0 Å². The van der Waals surface area contributed by atoms with Crippen LogP contribution in [-0.4, -0.2) is 87.2 Å². The summed E-state index contributed by atoms with van der Waals surface area (Å²) in [4.78, 5) is 33.1. The lowest BCUT2D eigenvalue weighted by atomic mass is 9.87. The lowest BCUT2D eigenvalue weighted by Gasteiger charge is -2.47. The number of hydrogen-bond acceptors (Lipinski definition) is 7. The molecule has 1 amide bonds. The van der Waals surface area contributed by atoms with E-state index in [9.17, 15) is 13.6 Å². The van der Waals surface area contributed by atoms with Crippen molar-refractivity contribution >= 4 is 22.8 Å². The van der Waals surface area contributed by atoms with E-state index < -0.39 is 17.9 Å². The Morgan fingerprint density at radius 1 is 1.05 bits per heavy atom. The van der Waals surface area contributed by atoms with Crippen LogP contribution in [-0.2, 0) is 17.6 Å². The first-order chi connectivity index (χ1) is 20.9. The highest BCUT2D eigenvalue weighted by atomic mass is 19.1. The summed E-state index contributed by atoms with van der Waals surface area (Å²) in [7, 11) is 0. The van der Waals surface area contributed by atoms with Gasteiger partial charge in [0, 0.05) is 31.6 Å². The Kier molecular flexibility index (Phi) is 6.40. The maximum atomic E-state index is 14.4. The number of carbonyl (C=O) groups is 1. The van der Waals surface area contributed by atoms with Crippen molar-refractivity contribution in [2.75, 3.05) is 37.7 Å². The van der Waals surface area contributed by atoms with E-state index in [-0.39, 0.29) is 23.6 Å². The molecule has 43 heavy (non-hydrogen) atoms. The van der Waals surface area contributed by atoms with Gasteiger partial charge in [-0.25, -0.2) is 13.8 Å². The van der Waals surface area contributed by atoms with Gasteiger partial charge in [-0.1, -0.05) is 24.8 Å². The number of fused-ring (bicyclic) bond motifs is 4. The number of aryl methyl sites for hydroxylation is 1. The van der Waals surface area contributed by atoms with Crippen molar-refractivity contribution in [1.29, 1.82) is 0 Å². The normalized spacial score (nSPS) is 28.0. The highest BCUT2D eigenvalue weighted by Gasteiger charge is 2.51. The molecule has 6 heterocycles. The number of rotatable bonds is 6. The molecule has 0 radical (unpaired) electrons. The lowest BCUT2D eigenvalue weighted by Crippen LogP contribution is -2.63. The zero-order valence-electron chi connectivity index (χ0n) is 24.3. The van der Waals surface area contributed by atoms with Gasteiger partial charge >= 0.3 is 6.01 Å². The molecule has 0 saturated carbocycles. The average molecular weight is 587 g/mol. The summed E-state index contributed by atoms with van der Waals surface area (Å²) in [6.07, 6.45) is 6.78. The number of hydrogen-bond donors (Lipinski definition) is 0. The van der Waals surface area contributed by atoms with Gasteiger partial charge in [0.15, 0.2) is 11.5 Å². The predicted octanol–water partition coefficient (Wildman–Crippen LogP) is 4.80. The number of carbonyl (C=O) groups excluding carboxylic acids is 1. The maximum absolute atomic E-state index is 14.4. The second kappa shape index (κ2) is 10.2. The van der Waals surface area contributed by atoms with Crippen LogP contribution in [0.3, 0.4) is 0 Å². The van der Waals surface area contributed by atoms with E-state index in [1.165, 1.54) is 24.0 Å². The number of nitrogens with zero attached hydrogens (tertiary/aromatic N) is 6. The van der Waals surface area contributed by atoms with Gasteiger partial charge in [0.05, 0.1) is 28.7 Å². The molecule has 5 aliphatic rings. The molecule has 4 aliphatic heterocycles. The molecule has 0 unspecified atom stereocenters. The number of likely N-dealkylation sites (tertiary alicyclic amines) is 1. The van der Waals surface area contributed by atoms with Crippen LogP contribution in [0.25, 0.3) is 22.3 Å². The third kappa shape index (κ3) is 4.39. The van der Waals surface area contributed by atoms with Crippen molar-refractivity contribution < 1.29 is 18.3 Å². The minimum Gasteiger partial charge on any atom is -0.461 e. The van der Waals surface area contributed by atoms with Crippen LogP contribution >= 0.6 is 0 Å². The third-order valence-corrected chi connectivity index (χ3v) is 10.5. The van der Waals surface area contributed by atoms with E-state index in [2.05, 4.69) is 34.6 Å². The summed E-state index contributed by atoms with van der Waals surface area (Å²) in [5.41, 5.74) is 5.00. The number of benzene rings is 1. The smallest absolute Gasteiger partial charge is 0.320 e. The van der Waals surface area contributed by atoms with Gasteiger partial charge in [0.1, 0.15) is 18.6 Å². The van der Waals surface area contributed by atoms with Crippen molar-refractivity contribution in [1.82, 2.24) is 24.8 Å². The summed E-state index contributed by atoms with van der Waals surface area (Å²) in [5, 5.41) is 0.810. The molecule has 4 atom stereocenters. The van der Waals surface area contributed by atoms with E-state index in [1.807, 2.05) is 12.1 Å². The molecule has 0 N–H and O–H groups in total. The van der Waals surface area contributed by atoms with E-state index in [4.69, 9.17) is 19.7 Å². The van der Waals surface area contributed by atoms with Gasteiger partial charge < -0.3 is 14.5 Å². The van der Waals surface area contributed by atoms with E-state index in [0.717, 1.165) is 48.9 Å². The summed E-state index contributed by atoms with van der Waals surface area (Å²) in [6, 6.07) is 10.7. The fourth-order valence-corrected chi connectivity index (χ4v) is 8.35. The van der Waals surface area contributed by atoms with Gasteiger partial charge in [0.25, 0.3) is 5.91 Å². The Bertz CT molecular complexity index is 1630. The molecule has 8 rings (SSSR count). The zero-order valence-corrected chi connectivity index (χ0v) is 24.3. The Morgan fingerprint density at radius 3 is 2.81 bits per heavy atom. The van der Waals surface area contributed by atoms with Crippen molar-refractivity contribution in [3.05, 3.63) is 53.9 Å². The van der Waals surface area contributed by atoms with Gasteiger partial charge in [-0.2, -0.15) is 9.97 Å². The quantitative estimate of drug-likeness (QED) is 0.384. The number of ether oxygens (including phenoxy) is 1. The summed E-state index contributed by atoms with van der Waals surface area (Å²) in [5.74, 6) is -0.853. The van der Waals surface area contributed by atoms with Crippen molar-refractivity contribution in [2.24, 2.45) is 0 Å². The third-order valence-electron chi connectivity index (χ3n) is 10.5. The largest absolute Gasteiger partial charge is 0.461 e. The standard InChI is InChI=1S/C33H36F2N6O2/c1-20(34)31(42)40-15-12-27-28(40)18-41(27)30-25-10-11-26(24-9-4-7-21-6-2-3-8-23(21)24)36-29(25)37-32(38-30)43-19-33-13-5-14-39(33)17-22(35)16-33/h4,7,9-11,22,27-28H,1-3,5-6,8,12-19H2/t22-,27-,28-,33+/m1/s1. The summed E-state index contributed by atoms with van der Waals surface area (Å²) < 4.78 is 34.5. The topological polar surface area (TPSA) is 74.7 Å². The fourth-order valence-electron chi connectivity index (χ4n) is 8.35. The maximum Gasteiger partial charge on any atom is 0.320 e. The second-order valence-corrected chi connectivity index (χ2v) is 12.9. The van der Waals surface area contributed by atoms with Gasteiger partial charge in [-0.3, -0.25) is 9.69 Å². The molecule has 1 aromatic carbocycles. The SMILES string of the molecule is C=C(F)C(=O)N1CC[C@@H]2[C@H]1CN2c1nc(OC[C@@]23CCCN2C[C@H](F)C3)nc2nc(-c3cccc4c3CCCC4)ccc12. The number of halogens is 2. The van der Waals surface area contributed by atoms with Crippen LogP contribution in [0.15, 0.2) is 42.7 Å². The van der Waals surface area contributed by atoms with Gasteiger partial charge in [-0.15, -0.1) is 0 Å². The first kappa shape index (κ1) is 26.9. The van der Waals surface area contributed by atoms with Crippen LogP contribution in [0.5, 0.6) is 6.01 Å². The van der Waals surface area contributed by atoms with Gasteiger partial charge in [-0.05, 0) is 74.8 Å². The molecule has 8 nitrogen and oxygen atoms in total. The molecule has 0 spiro atoms. The van der Waals surface area contributed by atoms with Crippen LogP contribution in [0.4, 0.5) is 14.6 Å². The Labute approximate surface area is 249 Å². The first-order valence-electron chi connectivity index (χ1n) is 15.6. The lowest BCUT2D eigenvalue weighted by molar-refractivity contribution is -0.130. The highest BCUT2D eigenvalue weighted by Crippen LogP contribution is 2.42. The van der Waals surface area contributed by atoms with Gasteiger partial charge in [0.2, 0.25) is 0 Å². The minimum atomic E-state index is -0.926. The van der Waals surface area contributed by atoms with Crippen LogP contribution in [0.2, 0.25) is 0 Å². The molecule has 4 saturated heterocycles. The highest BCUT2D eigenvalue weighted by molar-refractivity contribution is 5.93. The molecule has 2 aromatic heterocycles. The number of aromatic nitrogens is 3. The number of anilines is 1. The Hall–Kier alpha value is -3.66.